The average molecular weight is 287 g/mol. The van der Waals surface area contributed by atoms with Crippen molar-refractivity contribution in [1.29, 1.82) is 0 Å². The van der Waals surface area contributed by atoms with Crippen molar-refractivity contribution in [3.63, 3.8) is 0 Å². The van der Waals surface area contributed by atoms with E-state index in [1.165, 1.54) is 0 Å². The van der Waals surface area contributed by atoms with Crippen LogP contribution in [0.5, 0.6) is 0 Å². The zero-order valence-corrected chi connectivity index (χ0v) is 12.6. The van der Waals surface area contributed by atoms with E-state index in [2.05, 4.69) is 10.4 Å². The fraction of sp³-hybridized carbons (Fsp3) is 0.333. The van der Waals surface area contributed by atoms with Crippen molar-refractivity contribution in [2.45, 2.75) is 6.42 Å². The molecule has 0 radical (unpaired) electrons. The van der Waals surface area contributed by atoms with Crippen molar-refractivity contribution in [1.82, 2.24) is 15.1 Å². The Kier molecular flexibility index (Phi) is 4.47. The molecule has 3 N–H and O–H groups in total. The average Bonchev–Trinajstić information content (AvgIpc) is 2.84. The lowest BCUT2D eigenvalue weighted by atomic mass is 10.1. The zero-order chi connectivity index (χ0) is 15.4. The van der Waals surface area contributed by atoms with Gasteiger partial charge in [-0.2, -0.15) is 5.10 Å². The lowest BCUT2D eigenvalue weighted by Crippen LogP contribution is -2.27. The monoisotopic (exact) mass is 287 g/mol. The Morgan fingerprint density at radius 1 is 1.43 bits per heavy atom. The van der Waals surface area contributed by atoms with Gasteiger partial charge in [0.15, 0.2) is 0 Å². The normalized spacial score (nSPS) is 10.4. The molecule has 0 saturated carbocycles. The number of nitrogens with two attached hydrogens (primary N) is 1. The van der Waals surface area contributed by atoms with Gasteiger partial charge in [0.05, 0.1) is 11.8 Å². The molecular weight excluding hydrogens is 266 g/mol. The van der Waals surface area contributed by atoms with Crippen molar-refractivity contribution in [2.24, 2.45) is 7.05 Å². The molecule has 0 aliphatic rings. The lowest BCUT2D eigenvalue weighted by molar-refractivity contribution is 0.0954. The summed E-state index contributed by atoms with van der Waals surface area (Å²) >= 11 is 0. The summed E-state index contributed by atoms with van der Waals surface area (Å²) in [5.41, 5.74) is 8.89. The summed E-state index contributed by atoms with van der Waals surface area (Å²) in [4.78, 5) is 14.2. The minimum Gasteiger partial charge on any atom is -0.399 e. The maximum Gasteiger partial charge on any atom is 0.253 e. The first-order valence-corrected chi connectivity index (χ1v) is 6.80. The topological polar surface area (TPSA) is 76.2 Å². The first-order chi connectivity index (χ1) is 9.97. The standard InChI is InChI=1S/C15H21N5O/c1-19(2)14-5-4-12(16)8-13(14)15(21)17-7-6-11-9-18-20(3)10-11/h4-5,8-10H,6-7,16H2,1-3H3,(H,17,21). The molecule has 0 bridgehead atoms. The maximum atomic E-state index is 12.3. The molecule has 6 nitrogen and oxygen atoms in total. The molecule has 1 aromatic heterocycles. The molecule has 0 saturated heterocycles. The highest BCUT2D eigenvalue weighted by Gasteiger charge is 2.13. The van der Waals surface area contributed by atoms with Crippen LogP contribution in [0.15, 0.2) is 30.6 Å². The molecule has 1 heterocycles. The van der Waals surface area contributed by atoms with Gasteiger partial charge in [0.2, 0.25) is 0 Å². The first kappa shape index (κ1) is 14.9. The Labute approximate surface area is 124 Å². The number of carbonyl (C=O) groups is 1. The van der Waals surface area contributed by atoms with Crippen LogP contribution in [0.3, 0.4) is 0 Å². The molecular formula is C15H21N5O. The lowest BCUT2D eigenvalue weighted by Gasteiger charge is -2.17. The van der Waals surface area contributed by atoms with E-state index >= 15 is 0 Å². The molecule has 1 amide bonds. The smallest absolute Gasteiger partial charge is 0.253 e. The van der Waals surface area contributed by atoms with Crippen LogP contribution in [0.25, 0.3) is 0 Å². The largest absolute Gasteiger partial charge is 0.399 e. The SMILES string of the molecule is CN(C)c1ccc(N)cc1C(=O)NCCc1cnn(C)c1. The van der Waals surface area contributed by atoms with Crippen molar-refractivity contribution in [2.75, 3.05) is 31.3 Å². The molecule has 112 valence electrons. The molecule has 2 rings (SSSR count). The van der Waals surface area contributed by atoms with Crippen LogP contribution in [-0.4, -0.2) is 36.3 Å². The fourth-order valence-electron chi connectivity index (χ4n) is 2.14. The van der Waals surface area contributed by atoms with Gasteiger partial charge in [-0.15, -0.1) is 0 Å². The van der Waals surface area contributed by atoms with Gasteiger partial charge in [-0.3, -0.25) is 9.48 Å². The third kappa shape index (κ3) is 3.75. The van der Waals surface area contributed by atoms with Crippen molar-refractivity contribution in [3.05, 3.63) is 41.7 Å². The Bertz CT molecular complexity index is 633. The number of rotatable bonds is 5. The predicted molar refractivity (Wildman–Crippen MR) is 84.4 cm³/mol. The number of nitrogens with zero attached hydrogens (tertiary/aromatic N) is 3. The Morgan fingerprint density at radius 2 is 2.19 bits per heavy atom. The Balaban J connectivity index is 2.01. The second-order valence-corrected chi connectivity index (χ2v) is 5.20. The van der Waals surface area contributed by atoms with E-state index in [0.717, 1.165) is 17.7 Å². The molecule has 0 aliphatic heterocycles. The van der Waals surface area contributed by atoms with Gasteiger partial charge < -0.3 is 16.0 Å². The van der Waals surface area contributed by atoms with E-state index in [9.17, 15) is 4.79 Å². The van der Waals surface area contributed by atoms with Crippen molar-refractivity contribution < 1.29 is 4.79 Å². The molecule has 0 aliphatic carbocycles. The van der Waals surface area contributed by atoms with Gasteiger partial charge in [0.25, 0.3) is 5.91 Å². The second kappa shape index (κ2) is 6.30. The van der Waals surface area contributed by atoms with Crippen LogP contribution in [0.2, 0.25) is 0 Å². The summed E-state index contributed by atoms with van der Waals surface area (Å²) in [5, 5.41) is 7.02. The number of anilines is 2. The number of nitrogens with one attached hydrogen (secondary N) is 1. The third-order valence-corrected chi connectivity index (χ3v) is 3.20. The number of nitrogen functional groups attached to an aromatic ring is 1. The molecule has 0 fully saturated rings. The van der Waals surface area contributed by atoms with Gasteiger partial charge in [-0.05, 0) is 30.2 Å². The minimum atomic E-state index is -0.116. The van der Waals surface area contributed by atoms with E-state index in [1.54, 1.807) is 23.0 Å². The number of aromatic nitrogens is 2. The highest BCUT2D eigenvalue weighted by atomic mass is 16.1. The summed E-state index contributed by atoms with van der Waals surface area (Å²) in [6.07, 6.45) is 4.50. The van der Waals surface area contributed by atoms with Crippen LogP contribution in [0.1, 0.15) is 15.9 Å². The van der Waals surface area contributed by atoms with Gasteiger partial charge in [0.1, 0.15) is 0 Å². The van der Waals surface area contributed by atoms with Crippen molar-refractivity contribution in [3.8, 4) is 0 Å². The molecule has 2 aromatic rings. The van der Waals surface area contributed by atoms with Crippen LogP contribution in [0, 0.1) is 0 Å². The number of carbonyl (C=O) groups excluding carboxylic acids is 1. The van der Waals surface area contributed by atoms with Gasteiger partial charge >= 0.3 is 0 Å². The molecule has 0 spiro atoms. The van der Waals surface area contributed by atoms with E-state index < -0.39 is 0 Å². The van der Waals surface area contributed by atoms with Crippen LogP contribution in [0.4, 0.5) is 11.4 Å². The highest BCUT2D eigenvalue weighted by Crippen LogP contribution is 2.21. The van der Waals surface area contributed by atoms with E-state index in [0.29, 0.717) is 17.8 Å². The van der Waals surface area contributed by atoms with Gasteiger partial charge in [-0.25, -0.2) is 0 Å². The third-order valence-electron chi connectivity index (χ3n) is 3.20. The number of hydrogen-bond donors (Lipinski definition) is 2. The first-order valence-electron chi connectivity index (χ1n) is 6.80. The molecule has 1 aromatic carbocycles. The van der Waals surface area contributed by atoms with Crippen molar-refractivity contribution >= 4 is 17.3 Å². The number of hydrogen-bond acceptors (Lipinski definition) is 4. The van der Waals surface area contributed by atoms with E-state index in [4.69, 9.17) is 5.73 Å². The van der Waals surface area contributed by atoms with Gasteiger partial charge in [-0.1, -0.05) is 0 Å². The van der Waals surface area contributed by atoms with Crippen LogP contribution < -0.4 is 16.0 Å². The highest BCUT2D eigenvalue weighted by molar-refractivity contribution is 6.00. The number of amides is 1. The minimum absolute atomic E-state index is 0.116. The zero-order valence-electron chi connectivity index (χ0n) is 12.6. The molecule has 0 unspecified atom stereocenters. The quantitative estimate of drug-likeness (QED) is 0.806. The summed E-state index contributed by atoms with van der Waals surface area (Å²) < 4.78 is 1.75. The van der Waals surface area contributed by atoms with Crippen LogP contribution >= 0.6 is 0 Å². The molecule has 21 heavy (non-hydrogen) atoms. The molecule has 0 atom stereocenters. The summed E-state index contributed by atoms with van der Waals surface area (Å²) in [6, 6.07) is 5.35. The fourth-order valence-corrected chi connectivity index (χ4v) is 2.14. The maximum absolute atomic E-state index is 12.3. The van der Waals surface area contributed by atoms with Gasteiger partial charge in [0, 0.05) is 45.3 Å². The van der Waals surface area contributed by atoms with E-state index in [-0.39, 0.29) is 5.91 Å². The predicted octanol–water partition coefficient (Wildman–Crippen LogP) is 1.04. The Morgan fingerprint density at radius 3 is 2.81 bits per heavy atom. The summed E-state index contributed by atoms with van der Waals surface area (Å²) in [5.74, 6) is -0.116. The summed E-state index contributed by atoms with van der Waals surface area (Å²) in [6.45, 7) is 0.562. The summed E-state index contributed by atoms with van der Waals surface area (Å²) in [7, 11) is 5.67. The molecule has 6 heteroatoms. The Hall–Kier alpha value is -2.50. The van der Waals surface area contributed by atoms with E-state index in [1.807, 2.05) is 38.3 Å². The number of benzene rings is 1. The number of aryl methyl sites for hydroxylation is 1. The van der Waals surface area contributed by atoms with Crippen LogP contribution in [-0.2, 0) is 13.5 Å². The second-order valence-electron chi connectivity index (χ2n) is 5.20.